The lowest BCUT2D eigenvalue weighted by atomic mass is 10.0. The highest BCUT2D eigenvalue weighted by atomic mass is 16.6. The molecule has 9 aromatic rings. The van der Waals surface area contributed by atoms with E-state index >= 15 is 52.7 Å². The molecular formula is C92H84N12O19. The van der Waals surface area contributed by atoms with Crippen molar-refractivity contribution in [2.45, 2.75) is 135 Å². The second-order valence-electron chi connectivity index (χ2n) is 30.5. The summed E-state index contributed by atoms with van der Waals surface area (Å²) < 4.78 is 11.3. The van der Waals surface area contributed by atoms with Crippen molar-refractivity contribution in [2.24, 2.45) is 0 Å². The van der Waals surface area contributed by atoms with E-state index in [-0.39, 0.29) is 63.1 Å². The Morgan fingerprint density at radius 1 is 0.285 bits per heavy atom. The first-order valence-electron chi connectivity index (χ1n) is 39.4. The third-order valence-electron chi connectivity index (χ3n) is 21.0. The Kier molecular flexibility index (Phi) is 25.3. The van der Waals surface area contributed by atoms with E-state index in [1.807, 2.05) is 0 Å². The lowest BCUT2D eigenvalue weighted by molar-refractivity contribution is -0.165. The minimum atomic E-state index is -2.19. The number of esters is 1. The topological polar surface area (TPSA) is 383 Å². The number of hydrogen-bond acceptors (Lipinski definition) is 19. The molecule has 31 heteroatoms. The van der Waals surface area contributed by atoms with Crippen molar-refractivity contribution in [1.82, 2.24) is 61.3 Å². The van der Waals surface area contributed by atoms with Gasteiger partial charge in [-0.15, -0.1) is 0 Å². The van der Waals surface area contributed by atoms with Crippen LogP contribution in [0.1, 0.15) is 159 Å². The van der Waals surface area contributed by atoms with Crippen molar-refractivity contribution in [3.8, 4) is 0 Å². The van der Waals surface area contributed by atoms with Crippen molar-refractivity contribution < 1.29 is 91.0 Å². The SMILES string of the molecule is C[C@H](C(=O)N[C@@H](Cc1ccccc1)C(=O)N([C@H](C)C(=O)N[C@@H](Cc1ccccc1)C(=O)N([C@H](C)C(=O)N[C@@H](Cc1ccccc1)C(=O)N([C@H](C)C(=O)OCc1ccccc1)N1C(=O)c2ccccc2C1=O)N1C(=O)c2ccccc2C1=O)N1C(=O)c2ccccc2C1=O)N(C(=O)[C@H](Cc1ccccc1)NC(=O)OC(C)(C)C)N1C(=O)c2ccccc2C1=O. The average molecular weight is 1660 g/mol. The van der Waals surface area contributed by atoms with E-state index in [4.69, 9.17) is 9.47 Å². The summed E-state index contributed by atoms with van der Waals surface area (Å²) >= 11 is 0. The quantitative estimate of drug-likeness (QED) is 0.0247. The van der Waals surface area contributed by atoms with Gasteiger partial charge in [-0.3, -0.25) is 71.9 Å². The molecule has 0 fully saturated rings. The number of carbonyl (C=O) groups is 17. The number of benzene rings is 9. The number of fused-ring (bicyclic) bond motifs is 4. The summed E-state index contributed by atoms with van der Waals surface area (Å²) in [5.74, 6) is -19.2. The number of imide groups is 4. The van der Waals surface area contributed by atoms with Gasteiger partial charge in [0.05, 0.1) is 44.5 Å². The highest BCUT2D eigenvalue weighted by Gasteiger charge is 2.54. The number of alkyl carbamates (subject to hydrolysis) is 1. The van der Waals surface area contributed by atoms with Gasteiger partial charge in [0.1, 0.15) is 60.5 Å². The summed E-state index contributed by atoms with van der Waals surface area (Å²) in [7, 11) is 0. The largest absolute Gasteiger partial charge is 0.459 e. The van der Waals surface area contributed by atoms with E-state index in [0.717, 1.165) is 20.8 Å². The molecule has 0 unspecified atom stereocenters. The van der Waals surface area contributed by atoms with E-state index in [2.05, 4.69) is 21.3 Å². The predicted octanol–water partition coefficient (Wildman–Crippen LogP) is 7.76. The Hall–Kier alpha value is -15.4. The molecule has 13 rings (SSSR count). The average Bonchev–Trinajstić information content (AvgIpc) is 1.63. The molecule has 0 bridgehead atoms. The first kappa shape index (κ1) is 85.5. The monoisotopic (exact) mass is 1660 g/mol. The van der Waals surface area contributed by atoms with Gasteiger partial charge >= 0.3 is 12.1 Å². The lowest BCUT2D eigenvalue weighted by Gasteiger charge is -2.40. The second kappa shape index (κ2) is 36.4. The molecule has 0 spiro atoms. The standard InChI is InChI=1S/C92H84N12O19/c1-54(97(101-78(108)63-41-23-24-42-64(63)79(101)109)87(117)72(50-59-33-15-9-16-34-59)94-77(107)56(3)99(103-82(112)67-45-27-28-46-68(67)83(103)113)89(119)74(52-61-37-19-11-20-38-61)96-91(121)123-92(5,6)7)75(105)93-71(49-58-31-13-8-14-32-58)86(116)98(102-80(110)65-43-25-26-44-66(65)81(102)111)55(2)76(106)95-73(51-60-35-17-10-18-36-60)88(118)100(57(4)90(120)122-53-62-39-21-12-22-40-62)104-84(114)69-47-29-30-48-70(69)85(104)115/h8-48,54-57,71-74H,49-53H2,1-7H3,(H,93,105)(H,94,107)(H,95,106)(H,96,121)/t54-,55-,56-,57-,71+,72+,73+,74+/m1/s1. The summed E-state index contributed by atoms with van der Waals surface area (Å²) in [6, 6.07) is 46.6. The predicted molar refractivity (Wildman–Crippen MR) is 439 cm³/mol. The minimum absolute atomic E-state index is 0.140. The normalized spacial score (nSPS) is 15.2. The smallest absolute Gasteiger partial charge is 0.408 e. The van der Waals surface area contributed by atoms with Crippen LogP contribution in [0.15, 0.2) is 249 Å². The summed E-state index contributed by atoms with van der Waals surface area (Å²) in [6.07, 6.45) is -3.02. The minimum Gasteiger partial charge on any atom is -0.459 e. The molecule has 4 N–H and O–H groups in total. The summed E-state index contributed by atoms with van der Waals surface area (Å²) in [5.41, 5.74) is -0.852. The van der Waals surface area contributed by atoms with Gasteiger partial charge in [-0.2, -0.15) is 20.0 Å². The van der Waals surface area contributed by atoms with Crippen LogP contribution in [0.4, 0.5) is 4.79 Å². The molecule has 16 amide bonds. The number of carbonyl (C=O) groups excluding carboxylic acids is 17. The molecule has 0 aliphatic carbocycles. The maximum absolute atomic E-state index is 16.6. The second-order valence-corrected chi connectivity index (χ2v) is 30.5. The van der Waals surface area contributed by atoms with Crippen LogP contribution < -0.4 is 21.3 Å². The highest BCUT2D eigenvalue weighted by Crippen LogP contribution is 2.33. The maximum atomic E-state index is 16.6. The Morgan fingerprint density at radius 3 is 0.699 bits per heavy atom. The summed E-state index contributed by atoms with van der Waals surface area (Å²) in [6.45, 7) is 8.85. The van der Waals surface area contributed by atoms with Crippen LogP contribution in [-0.2, 0) is 80.1 Å². The number of hydrazine groups is 4. The third kappa shape index (κ3) is 18.0. The molecule has 0 saturated carbocycles. The van der Waals surface area contributed by atoms with Crippen LogP contribution in [-0.4, -0.2) is 195 Å². The molecule has 8 atom stereocenters. The van der Waals surface area contributed by atoms with Crippen LogP contribution in [0.3, 0.4) is 0 Å². The maximum Gasteiger partial charge on any atom is 0.408 e. The number of amides is 16. The fraction of sp³-hybridized carbons (Fsp3) is 0.228. The van der Waals surface area contributed by atoms with Crippen molar-refractivity contribution in [2.75, 3.05) is 0 Å². The zero-order valence-corrected chi connectivity index (χ0v) is 67.7. The van der Waals surface area contributed by atoms with Crippen molar-refractivity contribution >= 4 is 101 Å². The van der Waals surface area contributed by atoms with Crippen LogP contribution >= 0.6 is 0 Å². The van der Waals surface area contributed by atoms with Gasteiger partial charge in [0.25, 0.3) is 70.9 Å². The fourth-order valence-corrected chi connectivity index (χ4v) is 14.8. The molecule has 4 aliphatic rings. The summed E-state index contributed by atoms with van der Waals surface area (Å²) in [5, 5.41) is 14.1. The van der Waals surface area contributed by atoms with Gasteiger partial charge in [0, 0.05) is 25.7 Å². The zero-order chi connectivity index (χ0) is 87.8. The molecule has 0 saturated heterocycles. The van der Waals surface area contributed by atoms with Gasteiger partial charge in [-0.05, 0) is 125 Å². The van der Waals surface area contributed by atoms with Gasteiger partial charge in [-0.1, -0.05) is 200 Å². The number of nitrogens with one attached hydrogen (secondary N) is 4. The van der Waals surface area contributed by atoms with Gasteiger partial charge in [0.15, 0.2) is 0 Å². The Balaban J connectivity index is 0.874. The summed E-state index contributed by atoms with van der Waals surface area (Å²) in [4.78, 5) is 260. The Morgan fingerprint density at radius 2 is 0.480 bits per heavy atom. The molecule has 4 aliphatic heterocycles. The van der Waals surface area contributed by atoms with Crippen molar-refractivity contribution in [3.05, 3.63) is 321 Å². The molecule has 4 heterocycles. The lowest BCUT2D eigenvalue weighted by Crippen LogP contribution is -2.67. The molecular weight excluding hydrogens is 1580 g/mol. The van der Waals surface area contributed by atoms with E-state index in [9.17, 15) is 28.8 Å². The fourth-order valence-electron chi connectivity index (χ4n) is 14.8. The Bertz CT molecular complexity index is 5580. The third-order valence-corrected chi connectivity index (χ3v) is 21.0. The number of nitrogens with zero attached hydrogens (tertiary/aromatic N) is 8. The number of ether oxygens (including phenoxy) is 2. The molecule has 626 valence electrons. The Labute approximate surface area is 705 Å². The molecule has 9 aromatic carbocycles. The van der Waals surface area contributed by atoms with E-state index in [1.165, 1.54) is 116 Å². The highest BCUT2D eigenvalue weighted by molar-refractivity contribution is 6.25. The molecule has 31 nitrogen and oxygen atoms in total. The zero-order valence-electron chi connectivity index (χ0n) is 67.7. The van der Waals surface area contributed by atoms with E-state index in [0.29, 0.717) is 62.3 Å². The number of rotatable bonds is 30. The van der Waals surface area contributed by atoms with Crippen LogP contribution in [0.2, 0.25) is 0 Å². The van der Waals surface area contributed by atoms with Crippen molar-refractivity contribution in [3.63, 3.8) is 0 Å². The molecule has 123 heavy (non-hydrogen) atoms. The molecule has 0 aromatic heterocycles. The van der Waals surface area contributed by atoms with E-state index < -0.39 is 174 Å². The first-order valence-corrected chi connectivity index (χ1v) is 39.4. The van der Waals surface area contributed by atoms with Gasteiger partial charge in [0.2, 0.25) is 17.7 Å². The van der Waals surface area contributed by atoms with Crippen molar-refractivity contribution in [1.29, 1.82) is 0 Å². The first-order chi connectivity index (χ1) is 58.9. The van der Waals surface area contributed by atoms with Gasteiger partial charge < -0.3 is 30.7 Å². The van der Waals surface area contributed by atoms with Crippen LogP contribution in [0.5, 0.6) is 0 Å². The van der Waals surface area contributed by atoms with Crippen LogP contribution in [0, 0.1) is 0 Å². The van der Waals surface area contributed by atoms with Gasteiger partial charge in [-0.25, -0.2) is 29.6 Å². The number of hydrogen-bond donors (Lipinski definition) is 4. The van der Waals surface area contributed by atoms with Crippen LogP contribution in [0.25, 0.3) is 0 Å². The molecule has 0 radical (unpaired) electrons. The van der Waals surface area contributed by atoms with E-state index in [1.54, 1.807) is 160 Å².